The summed E-state index contributed by atoms with van der Waals surface area (Å²) in [7, 11) is -2.36. The predicted molar refractivity (Wildman–Crippen MR) is 160 cm³/mol. The first-order chi connectivity index (χ1) is 15.3. The average molecular weight is 542 g/mol. The van der Waals surface area contributed by atoms with Gasteiger partial charge in [-0.2, -0.15) is 0 Å². The first-order valence-electron chi connectivity index (χ1n) is 12.2. The molecule has 0 aliphatic carbocycles. The van der Waals surface area contributed by atoms with Gasteiger partial charge in [0, 0.05) is 10.0 Å². The Morgan fingerprint density at radius 2 is 0.970 bits per heavy atom. The van der Waals surface area contributed by atoms with Gasteiger partial charge in [0.2, 0.25) is 0 Å². The topological polar surface area (TPSA) is 0 Å². The zero-order valence-corrected chi connectivity index (χ0v) is 26.3. The van der Waals surface area contributed by atoms with E-state index in [0.29, 0.717) is 0 Å². The lowest BCUT2D eigenvalue weighted by molar-refractivity contribution is 1.08. The molecule has 0 aliphatic rings. The van der Waals surface area contributed by atoms with E-state index in [2.05, 4.69) is 136 Å². The maximum absolute atomic E-state index is 5.12. The van der Waals surface area contributed by atoms with Gasteiger partial charge in [-0.25, -0.2) is 0 Å². The molecule has 0 nitrogen and oxygen atoms in total. The Kier molecular flexibility index (Phi) is 14.7. The number of halogens is 1. The molecule has 0 heterocycles. The molecule has 0 amide bonds. The second-order valence-electron chi connectivity index (χ2n) is 10.3. The fraction of sp³-hybridized carbons (Fsp3) is 0.467. The maximum atomic E-state index is 5.12. The number of terminal acetylenes is 1. The first-order valence-corrected chi connectivity index (χ1v) is 20.0. The molecule has 0 radical (unpaired) electrons. The SMILES string of the molecule is C#C[Si](C)(C)C.CCc1cc(Br)cc(CC)c1.CCc1cc(C#C[Si](C)(C)C)cc(CC)c1. The van der Waals surface area contributed by atoms with Crippen molar-refractivity contribution in [1.29, 1.82) is 0 Å². The highest BCUT2D eigenvalue weighted by Crippen LogP contribution is 2.16. The minimum absolute atomic E-state index is 1.09. The number of rotatable bonds is 4. The minimum Gasteiger partial charge on any atom is -0.135 e. The Labute approximate surface area is 216 Å². The van der Waals surface area contributed by atoms with E-state index in [9.17, 15) is 0 Å². The van der Waals surface area contributed by atoms with Crippen LogP contribution < -0.4 is 0 Å². The number of benzene rings is 2. The zero-order valence-electron chi connectivity index (χ0n) is 22.7. The van der Waals surface area contributed by atoms with E-state index in [4.69, 9.17) is 6.42 Å². The van der Waals surface area contributed by atoms with Crippen molar-refractivity contribution in [2.45, 2.75) is 92.7 Å². The maximum Gasteiger partial charge on any atom is 0.129 e. The fourth-order valence-corrected chi connectivity index (χ4v) is 3.74. The third kappa shape index (κ3) is 15.9. The van der Waals surface area contributed by atoms with E-state index in [1.807, 2.05) is 0 Å². The van der Waals surface area contributed by atoms with Gasteiger partial charge in [0.25, 0.3) is 0 Å². The zero-order chi connectivity index (χ0) is 25.7. The van der Waals surface area contributed by atoms with E-state index in [0.717, 1.165) is 25.7 Å². The van der Waals surface area contributed by atoms with Gasteiger partial charge in [-0.05, 0) is 72.2 Å². The monoisotopic (exact) mass is 540 g/mol. The molecule has 0 N–H and O–H groups in total. The molecule has 0 aromatic heterocycles. The van der Waals surface area contributed by atoms with Crippen molar-refractivity contribution in [3.63, 3.8) is 0 Å². The molecule has 2 aromatic carbocycles. The Morgan fingerprint density at radius 1 is 0.636 bits per heavy atom. The van der Waals surface area contributed by atoms with Crippen LogP contribution in [0, 0.1) is 23.4 Å². The van der Waals surface area contributed by atoms with E-state index < -0.39 is 16.1 Å². The van der Waals surface area contributed by atoms with Crippen LogP contribution >= 0.6 is 15.9 Å². The molecular weight excluding hydrogens is 496 g/mol. The quantitative estimate of drug-likeness (QED) is 0.267. The molecule has 2 rings (SSSR count). The number of aryl methyl sites for hydroxylation is 4. The van der Waals surface area contributed by atoms with Gasteiger partial charge in [0.15, 0.2) is 0 Å². The van der Waals surface area contributed by atoms with Gasteiger partial charge in [-0.3, -0.25) is 0 Å². The Balaban J connectivity index is 0.000000520. The predicted octanol–water partition coefficient (Wildman–Crippen LogP) is 9.11. The van der Waals surface area contributed by atoms with Crippen LogP contribution in [0.15, 0.2) is 40.9 Å². The van der Waals surface area contributed by atoms with Crippen LogP contribution in [0.4, 0.5) is 0 Å². The summed E-state index contributed by atoms with van der Waals surface area (Å²) in [5, 5.41) is 0. The van der Waals surface area contributed by atoms with Crippen LogP contribution in [-0.4, -0.2) is 16.1 Å². The van der Waals surface area contributed by atoms with Gasteiger partial charge >= 0.3 is 0 Å². The van der Waals surface area contributed by atoms with Crippen LogP contribution in [0.3, 0.4) is 0 Å². The summed E-state index contributed by atoms with van der Waals surface area (Å²) in [6.45, 7) is 22.0. The molecule has 0 aliphatic heterocycles. The summed E-state index contributed by atoms with van der Waals surface area (Å²) >= 11 is 3.49. The molecule has 180 valence electrons. The standard InChI is InChI=1S/C15H22Si.C10H13Br.C5H10Si/c1-6-13-10-14(7-2)12-15(11-13)8-9-16(3,4)5;1-3-8-5-9(4-2)7-10(11)6-8;1-5-6(2,3)4/h10-12H,6-7H2,1-5H3;5-7H,3-4H2,1-2H3;1H,2-4H3. The third-order valence-electron chi connectivity index (χ3n) is 4.72. The normalized spacial score (nSPS) is 10.5. The molecular formula is C30H45BrSi2. The summed E-state index contributed by atoms with van der Waals surface area (Å²) in [5.41, 5.74) is 13.0. The van der Waals surface area contributed by atoms with E-state index >= 15 is 0 Å². The molecule has 0 bridgehead atoms. The molecule has 0 unspecified atom stereocenters. The van der Waals surface area contributed by atoms with Crippen LogP contribution in [0.25, 0.3) is 0 Å². The average Bonchev–Trinajstić information content (AvgIpc) is 2.76. The summed E-state index contributed by atoms with van der Waals surface area (Å²) in [5.74, 6) is 3.35. The molecule has 0 saturated carbocycles. The van der Waals surface area contributed by atoms with Gasteiger partial charge in [-0.1, -0.05) is 101 Å². The molecule has 0 spiro atoms. The summed E-state index contributed by atoms with van der Waals surface area (Å²) in [4.78, 5) is 0. The van der Waals surface area contributed by atoms with E-state index in [-0.39, 0.29) is 0 Å². The van der Waals surface area contributed by atoms with Crippen molar-refractivity contribution >= 4 is 32.1 Å². The summed E-state index contributed by atoms with van der Waals surface area (Å²) in [6.07, 6.45) is 9.54. The molecule has 0 fully saturated rings. The Bertz CT molecular complexity index is 913. The van der Waals surface area contributed by atoms with Gasteiger partial charge in [0.1, 0.15) is 16.1 Å². The molecule has 0 saturated heterocycles. The largest absolute Gasteiger partial charge is 0.135 e. The molecule has 2 aromatic rings. The van der Waals surface area contributed by atoms with Gasteiger partial charge < -0.3 is 0 Å². The molecule has 33 heavy (non-hydrogen) atoms. The lowest BCUT2D eigenvalue weighted by atomic mass is 10.0. The van der Waals surface area contributed by atoms with Crippen molar-refractivity contribution in [2.75, 3.05) is 0 Å². The molecule has 3 heteroatoms. The highest BCUT2D eigenvalue weighted by molar-refractivity contribution is 9.10. The Morgan fingerprint density at radius 3 is 1.24 bits per heavy atom. The number of hydrogen-bond acceptors (Lipinski definition) is 0. The van der Waals surface area contributed by atoms with Crippen molar-refractivity contribution in [1.82, 2.24) is 0 Å². The van der Waals surface area contributed by atoms with Gasteiger partial charge in [0.05, 0.1) is 0 Å². The summed E-state index contributed by atoms with van der Waals surface area (Å²) in [6, 6.07) is 13.4. The lowest BCUT2D eigenvalue weighted by Gasteiger charge is -2.05. The van der Waals surface area contributed by atoms with Crippen LogP contribution in [0.2, 0.25) is 39.3 Å². The van der Waals surface area contributed by atoms with Crippen LogP contribution in [0.1, 0.15) is 55.5 Å². The van der Waals surface area contributed by atoms with Crippen molar-refractivity contribution in [3.8, 4) is 23.4 Å². The van der Waals surface area contributed by atoms with Gasteiger partial charge in [-0.15, -0.1) is 17.5 Å². The third-order valence-corrected chi connectivity index (χ3v) is 6.92. The highest BCUT2D eigenvalue weighted by Gasteiger charge is 2.07. The van der Waals surface area contributed by atoms with E-state index in [1.165, 1.54) is 32.3 Å². The van der Waals surface area contributed by atoms with Crippen molar-refractivity contribution in [2.24, 2.45) is 0 Å². The van der Waals surface area contributed by atoms with Crippen LogP contribution in [0.5, 0.6) is 0 Å². The fourth-order valence-electron chi connectivity index (χ4n) is 2.63. The van der Waals surface area contributed by atoms with Crippen molar-refractivity contribution in [3.05, 3.63) is 68.7 Å². The van der Waals surface area contributed by atoms with E-state index in [1.54, 1.807) is 0 Å². The van der Waals surface area contributed by atoms with Crippen LogP contribution in [-0.2, 0) is 25.7 Å². The second-order valence-corrected chi connectivity index (χ2v) is 20.8. The first kappa shape index (κ1) is 31.5. The second kappa shape index (κ2) is 15.4. The highest BCUT2D eigenvalue weighted by atomic mass is 79.9. The molecule has 0 atom stereocenters. The smallest absolute Gasteiger partial charge is 0.129 e. The Hall–Kier alpha value is -1.53. The summed E-state index contributed by atoms with van der Waals surface area (Å²) < 4.78 is 1.20. The number of hydrogen-bond donors (Lipinski definition) is 0. The lowest BCUT2D eigenvalue weighted by Crippen LogP contribution is -2.16. The van der Waals surface area contributed by atoms with Crippen molar-refractivity contribution < 1.29 is 0 Å². The minimum atomic E-state index is -1.26.